The summed E-state index contributed by atoms with van der Waals surface area (Å²) in [5, 5.41) is 2.79. The molecule has 0 saturated heterocycles. The average Bonchev–Trinajstić information content (AvgIpc) is 3.21. The minimum atomic E-state index is -0.0583. The smallest absolute Gasteiger partial charge is 0.221 e. The van der Waals surface area contributed by atoms with Crippen molar-refractivity contribution in [2.45, 2.75) is 45.8 Å². The second-order valence-electron chi connectivity index (χ2n) is 7.40. The van der Waals surface area contributed by atoms with Gasteiger partial charge in [0.1, 0.15) is 0 Å². The first-order chi connectivity index (χ1) is 14.1. The lowest BCUT2D eigenvalue weighted by molar-refractivity contribution is -0.114. The fourth-order valence-corrected chi connectivity index (χ4v) is 3.24. The van der Waals surface area contributed by atoms with Gasteiger partial charge in [-0.1, -0.05) is 42.0 Å². The monoisotopic (exact) mass is 391 g/mol. The molecule has 0 aliphatic heterocycles. The maximum atomic E-state index is 11.1. The van der Waals surface area contributed by atoms with Crippen molar-refractivity contribution in [3.8, 4) is 0 Å². The zero-order chi connectivity index (χ0) is 20.5. The summed E-state index contributed by atoms with van der Waals surface area (Å²) in [5.74, 6) is -0.0583. The molecule has 5 nitrogen and oxygen atoms in total. The van der Waals surface area contributed by atoms with Crippen molar-refractivity contribution in [2.24, 2.45) is 0 Å². The largest absolute Gasteiger partial charge is 0.376 e. The summed E-state index contributed by atoms with van der Waals surface area (Å²) in [4.78, 5) is 15.3. The van der Waals surface area contributed by atoms with Gasteiger partial charge >= 0.3 is 0 Å². The highest BCUT2D eigenvalue weighted by molar-refractivity contribution is 5.88. The Labute approximate surface area is 172 Å². The van der Waals surface area contributed by atoms with Crippen molar-refractivity contribution in [3.63, 3.8) is 0 Å². The van der Waals surface area contributed by atoms with E-state index in [-0.39, 0.29) is 12.0 Å². The Bertz CT molecular complexity index is 872. The van der Waals surface area contributed by atoms with Crippen molar-refractivity contribution >= 4 is 11.6 Å². The first-order valence-electron chi connectivity index (χ1n) is 10.1. The summed E-state index contributed by atoms with van der Waals surface area (Å²) >= 11 is 0. The molecule has 1 aromatic heterocycles. The predicted molar refractivity (Wildman–Crippen MR) is 116 cm³/mol. The molecular formula is C24H29N3O2. The second kappa shape index (κ2) is 10.6. The lowest BCUT2D eigenvalue weighted by Gasteiger charge is -2.19. The summed E-state index contributed by atoms with van der Waals surface area (Å²) in [5.41, 5.74) is 4.63. The lowest BCUT2D eigenvalue weighted by atomic mass is 10.0. The average molecular weight is 392 g/mol. The molecule has 5 heteroatoms. The highest BCUT2D eigenvalue weighted by Crippen LogP contribution is 2.13. The van der Waals surface area contributed by atoms with Crippen molar-refractivity contribution in [2.75, 3.05) is 11.9 Å². The van der Waals surface area contributed by atoms with Gasteiger partial charge in [0.05, 0.1) is 19.0 Å². The van der Waals surface area contributed by atoms with E-state index in [0.29, 0.717) is 6.61 Å². The number of aryl methyl sites for hydroxylation is 2. The molecule has 1 unspecified atom stereocenters. The van der Waals surface area contributed by atoms with Gasteiger partial charge in [-0.15, -0.1) is 0 Å². The molecule has 0 aliphatic carbocycles. The maximum Gasteiger partial charge on any atom is 0.221 e. The van der Waals surface area contributed by atoms with Crippen LogP contribution in [0.1, 0.15) is 30.0 Å². The Morgan fingerprint density at radius 2 is 1.76 bits per heavy atom. The molecule has 0 fully saturated rings. The summed E-state index contributed by atoms with van der Waals surface area (Å²) in [7, 11) is 0. The van der Waals surface area contributed by atoms with E-state index >= 15 is 0 Å². The predicted octanol–water partition coefficient (Wildman–Crippen LogP) is 4.41. The number of anilines is 1. The van der Waals surface area contributed by atoms with Gasteiger partial charge in [-0.3, -0.25) is 4.79 Å². The Balaban J connectivity index is 1.52. The number of nitrogens with zero attached hydrogens (tertiary/aromatic N) is 2. The molecule has 0 bridgehead atoms. The fraction of sp³-hybridized carbons (Fsp3) is 0.333. The first kappa shape index (κ1) is 20.8. The standard InChI is InChI=1S/C24H29N3O2/c1-19-3-5-21(6-4-19)9-12-24(17-27-15-14-25-18-27)29-16-13-22-7-10-23(11-8-22)26-20(2)28/h3-8,10-11,14-15,18,24H,9,12-13,16-17H2,1-2H3,(H,26,28). The lowest BCUT2D eigenvalue weighted by Crippen LogP contribution is -2.21. The van der Waals surface area contributed by atoms with E-state index in [1.165, 1.54) is 23.6 Å². The molecule has 1 heterocycles. The van der Waals surface area contributed by atoms with Crippen LogP contribution in [0.15, 0.2) is 67.3 Å². The van der Waals surface area contributed by atoms with Gasteiger partial charge in [0.15, 0.2) is 0 Å². The van der Waals surface area contributed by atoms with Gasteiger partial charge in [-0.2, -0.15) is 0 Å². The summed E-state index contributed by atoms with van der Waals surface area (Å²) in [6, 6.07) is 16.6. The molecule has 152 valence electrons. The van der Waals surface area contributed by atoms with Crippen LogP contribution in [-0.4, -0.2) is 28.2 Å². The molecule has 0 spiro atoms. The summed E-state index contributed by atoms with van der Waals surface area (Å²) in [6.07, 6.45) is 8.53. The Hall–Kier alpha value is -2.92. The number of ether oxygens (including phenoxy) is 1. The third-order valence-corrected chi connectivity index (χ3v) is 4.87. The van der Waals surface area contributed by atoms with E-state index in [1.807, 2.05) is 36.8 Å². The van der Waals surface area contributed by atoms with Crippen molar-refractivity contribution in [1.29, 1.82) is 0 Å². The van der Waals surface area contributed by atoms with E-state index in [1.54, 1.807) is 6.20 Å². The van der Waals surface area contributed by atoms with Crippen molar-refractivity contribution in [1.82, 2.24) is 9.55 Å². The van der Waals surface area contributed by atoms with E-state index in [9.17, 15) is 4.79 Å². The topological polar surface area (TPSA) is 56.1 Å². The second-order valence-corrected chi connectivity index (χ2v) is 7.40. The molecule has 0 aliphatic rings. The summed E-state index contributed by atoms with van der Waals surface area (Å²) in [6.45, 7) is 5.08. The van der Waals surface area contributed by atoms with E-state index in [4.69, 9.17) is 4.74 Å². The van der Waals surface area contributed by atoms with Crippen LogP contribution in [0.2, 0.25) is 0 Å². The minimum absolute atomic E-state index is 0.0583. The third kappa shape index (κ3) is 7.20. The number of carbonyl (C=O) groups is 1. The number of hydrogen-bond donors (Lipinski definition) is 1. The SMILES string of the molecule is CC(=O)Nc1ccc(CCOC(CCc2ccc(C)cc2)Cn2ccnc2)cc1. The van der Waals surface area contributed by atoms with Crippen molar-refractivity contribution in [3.05, 3.63) is 83.9 Å². The normalized spacial score (nSPS) is 11.9. The number of hydrogen-bond acceptors (Lipinski definition) is 3. The zero-order valence-corrected chi connectivity index (χ0v) is 17.2. The van der Waals surface area contributed by atoms with Crippen LogP contribution in [0.25, 0.3) is 0 Å². The van der Waals surface area contributed by atoms with Crippen LogP contribution in [0.4, 0.5) is 5.69 Å². The molecule has 2 aromatic carbocycles. The van der Waals surface area contributed by atoms with Gasteiger partial charge in [0.2, 0.25) is 5.91 Å². The highest BCUT2D eigenvalue weighted by Gasteiger charge is 2.11. The van der Waals surface area contributed by atoms with E-state index in [2.05, 4.69) is 46.1 Å². The van der Waals surface area contributed by atoms with Crippen LogP contribution in [0, 0.1) is 6.92 Å². The molecule has 1 amide bonds. The van der Waals surface area contributed by atoms with Gasteiger partial charge < -0.3 is 14.6 Å². The van der Waals surface area contributed by atoms with E-state index < -0.39 is 0 Å². The van der Waals surface area contributed by atoms with Gasteiger partial charge in [-0.25, -0.2) is 4.98 Å². The molecule has 0 saturated carbocycles. The number of nitrogens with one attached hydrogen (secondary N) is 1. The summed E-state index contributed by atoms with van der Waals surface area (Å²) < 4.78 is 8.31. The van der Waals surface area contributed by atoms with Gasteiger partial charge in [-0.05, 0) is 49.4 Å². The zero-order valence-electron chi connectivity index (χ0n) is 17.2. The molecule has 1 atom stereocenters. The number of amides is 1. The van der Waals surface area contributed by atoms with Gasteiger partial charge in [0.25, 0.3) is 0 Å². The van der Waals surface area contributed by atoms with Gasteiger partial charge in [0, 0.05) is 31.5 Å². The van der Waals surface area contributed by atoms with Crippen LogP contribution in [-0.2, 0) is 28.9 Å². The molecule has 3 rings (SSSR count). The van der Waals surface area contributed by atoms with E-state index in [0.717, 1.165) is 31.5 Å². The Kier molecular flexibility index (Phi) is 7.59. The molecule has 3 aromatic rings. The number of rotatable bonds is 10. The molecule has 29 heavy (non-hydrogen) atoms. The number of imidazole rings is 1. The van der Waals surface area contributed by atoms with Crippen molar-refractivity contribution < 1.29 is 9.53 Å². The van der Waals surface area contributed by atoms with Crippen LogP contribution in [0.5, 0.6) is 0 Å². The molecule has 0 radical (unpaired) electrons. The highest BCUT2D eigenvalue weighted by atomic mass is 16.5. The maximum absolute atomic E-state index is 11.1. The number of carbonyl (C=O) groups excluding carboxylic acids is 1. The fourth-order valence-electron chi connectivity index (χ4n) is 3.24. The minimum Gasteiger partial charge on any atom is -0.376 e. The number of benzene rings is 2. The Morgan fingerprint density at radius 1 is 1.07 bits per heavy atom. The van der Waals surface area contributed by atoms with Crippen LogP contribution in [0.3, 0.4) is 0 Å². The third-order valence-electron chi connectivity index (χ3n) is 4.87. The van der Waals surface area contributed by atoms with Crippen LogP contribution >= 0.6 is 0 Å². The van der Waals surface area contributed by atoms with Crippen LogP contribution < -0.4 is 5.32 Å². The quantitative estimate of drug-likeness (QED) is 0.557. The first-order valence-corrected chi connectivity index (χ1v) is 10.1. The Morgan fingerprint density at radius 3 is 2.41 bits per heavy atom. The number of aromatic nitrogens is 2. The molecule has 1 N–H and O–H groups in total. The molecular weight excluding hydrogens is 362 g/mol.